The predicted molar refractivity (Wildman–Crippen MR) is 100 cm³/mol. The van der Waals surface area contributed by atoms with Crippen molar-refractivity contribution in [3.05, 3.63) is 31.6 Å². The molecule has 0 unspecified atom stereocenters. The maximum absolute atomic E-state index is 4.58. The minimum absolute atomic E-state index is 0.0764. The van der Waals surface area contributed by atoms with E-state index in [1.54, 1.807) is 6.33 Å². The SMILES string of the molecule is C=CCN(CC=C)c1ncnc(NC2CC(C)(C)NC(C)(C)C2)n1. The van der Waals surface area contributed by atoms with Crippen molar-refractivity contribution in [3.63, 3.8) is 0 Å². The van der Waals surface area contributed by atoms with Crippen molar-refractivity contribution in [1.82, 2.24) is 20.3 Å². The van der Waals surface area contributed by atoms with Gasteiger partial charge in [0.05, 0.1) is 0 Å². The second-order valence-corrected chi connectivity index (χ2v) is 7.73. The van der Waals surface area contributed by atoms with Crippen LogP contribution in [0.4, 0.5) is 11.9 Å². The molecule has 2 heterocycles. The van der Waals surface area contributed by atoms with Crippen molar-refractivity contribution in [2.24, 2.45) is 0 Å². The molecule has 0 aliphatic carbocycles. The van der Waals surface area contributed by atoms with Crippen LogP contribution in [-0.2, 0) is 0 Å². The van der Waals surface area contributed by atoms with Gasteiger partial charge in [-0.25, -0.2) is 9.97 Å². The Bertz CT molecular complexity index is 555. The van der Waals surface area contributed by atoms with Crippen LogP contribution in [0.2, 0.25) is 0 Å². The highest BCUT2D eigenvalue weighted by atomic mass is 15.3. The largest absolute Gasteiger partial charge is 0.351 e. The zero-order valence-electron chi connectivity index (χ0n) is 15.3. The molecule has 1 aromatic heterocycles. The first kappa shape index (κ1) is 18.4. The van der Waals surface area contributed by atoms with Gasteiger partial charge in [-0.2, -0.15) is 4.98 Å². The average Bonchev–Trinajstić information content (AvgIpc) is 2.44. The Kier molecular flexibility index (Phi) is 5.59. The molecule has 0 bridgehead atoms. The van der Waals surface area contributed by atoms with E-state index in [2.05, 4.69) is 66.4 Å². The van der Waals surface area contributed by atoms with Crippen molar-refractivity contribution >= 4 is 11.9 Å². The normalized spacial score (nSPS) is 19.5. The van der Waals surface area contributed by atoms with Gasteiger partial charge in [-0.05, 0) is 40.5 Å². The maximum Gasteiger partial charge on any atom is 0.230 e. The number of hydrogen-bond donors (Lipinski definition) is 2. The second-order valence-electron chi connectivity index (χ2n) is 7.73. The zero-order valence-corrected chi connectivity index (χ0v) is 15.3. The van der Waals surface area contributed by atoms with E-state index in [0.29, 0.717) is 31.0 Å². The Morgan fingerprint density at radius 2 is 1.75 bits per heavy atom. The Hall–Kier alpha value is -1.95. The summed E-state index contributed by atoms with van der Waals surface area (Å²) in [5, 5.41) is 7.18. The smallest absolute Gasteiger partial charge is 0.230 e. The lowest BCUT2D eigenvalue weighted by Crippen LogP contribution is -2.60. The maximum atomic E-state index is 4.58. The Labute approximate surface area is 145 Å². The third-order valence-corrected chi connectivity index (χ3v) is 4.06. The molecule has 0 amide bonds. The zero-order chi connectivity index (χ0) is 17.8. The molecule has 1 aliphatic rings. The first-order valence-electron chi connectivity index (χ1n) is 8.46. The van der Waals surface area contributed by atoms with E-state index in [0.717, 1.165) is 12.8 Å². The minimum atomic E-state index is 0.0764. The van der Waals surface area contributed by atoms with Gasteiger partial charge < -0.3 is 15.5 Å². The molecule has 1 aliphatic heterocycles. The van der Waals surface area contributed by atoms with E-state index in [1.807, 2.05) is 17.1 Å². The predicted octanol–water partition coefficient (Wildman–Crippen LogP) is 2.77. The van der Waals surface area contributed by atoms with Crippen LogP contribution >= 0.6 is 0 Å². The summed E-state index contributed by atoms with van der Waals surface area (Å²) in [5.74, 6) is 1.26. The molecule has 0 spiro atoms. The highest BCUT2D eigenvalue weighted by molar-refractivity contribution is 5.38. The summed E-state index contributed by atoms with van der Waals surface area (Å²) in [5.41, 5.74) is 0.153. The van der Waals surface area contributed by atoms with Gasteiger partial charge in [0.15, 0.2) is 0 Å². The summed E-state index contributed by atoms with van der Waals surface area (Å²) in [6.45, 7) is 17.8. The van der Waals surface area contributed by atoms with Gasteiger partial charge in [0.1, 0.15) is 6.33 Å². The van der Waals surface area contributed by atoms with E-state index in [1.165, 1.54) is 0 Å². The number of anilines is 2. The monoisotopic (exact) mass is 330 g/mol. The topological polar surface area (TPSA) is 66.0 Å². The van der Waals surface area contributed by atoms with Crippen LogP contribution in [-0.4, -0.2) is 45.2 Å². The van der Waals surface area contributed by atoms with E-state index in [-0.39, 0.29) is 11.1 Å². The number of piperidine rings is 1. The second kappa shape index (κ2) is 7.30. The highest BCUT2D eigenvalue weighted by Crippen LogP contribution is 2.30. The number of rotatable bonds is 7. The van der Waals surface area contributed by atoms with Crippen molar-refractivity contribution in [1.29, 1.82) is 0 Å². The molecule has 132 valence electrons. The third kappa shape index (κ3) is 5.03. The van der Waals surface area contributed by atoms with Gasteiger partial charge in [0.2, 0.25) is 11.9 Å². The first-order chi connectivity index (χ1) is 11.2. The van der Waals surface area contributed by atoms with E-state index < -0.39 is 0 Å². The molecule has 0 saturated carbocycles. The van der Waals surface area contributed by atoms with Crippen molar-refractivity contribution in [2.75, 3.05) is 23.3 Å². The third-order valence-electron chi connectivity index (χ3n) is 4.06. The average molecular weight is 330 g/mol. The molecule has 1 saturated heterocycles. The summed E-state index contributed by atoms with van der Waals surface area (Å²) < 4.78 is 0. The van der Waals surface area contributed by atoms with Gasteiger partial charge in [-0.15, -0.1) is 13.2 Å². The molecule has 2 N–H and O–H groups in total. The van der Waals surface area contributed by atoms with Gasteiger partial charge >= 0.3 is 0 Å². The Morgan fingerprint density at radius 3 is 2.29 bits per heavy atom. The molecule has 1 fully saturated rings. The number of aromatic nitrogens is 3. The molecule has 6 nitrogen and oxygen atoms in total. The summed E-state index contributed by atoms with van der Waals surface area (Å²) in [6.07, 6.45) is 7.25. The van der Waals surface area contributed by atoms with Crippen LogP contribution in [0.3, 0.4) is 0 Å². The van der Waals surface area contributed by atoms with Crippen LogP contribution in [0.5, 0.6) is 0 Å². The number of nitrogens with zero attached hydrogens (tertiary/aromatic N) is 4. The fourth-order valence-corrected chi connectivity index (χ4v) is 3.67. The Morgan fingerprint density at radius 1 is 1.17 bits per heavy atom. The van der Waals surface area contributed by atoms with E-state index >= 15 is 0 Å². The molecule has 0 atom stereocenters. The molecule has 0 aromatic carbocycles. The van der Waals surface area contributed by atoms with Crippen molar-refractivity contribution < 1.29 is 0 Å². The molecule has 1 aromatic rings. The molecule has 24 heavy (non-hydrogen) atoms. The fourth-order valence-electron chi connectivity index (χ4n) is 3.67. The summed E-state index contributed by atoms with van der Waals surface area (Å²) in [4.78, 5) is 15.2. The quantitative estimate of drug-likeness (QED) is 0.750. The lowest BCUT2D eigenvalue weighted by atomic mass is 9.80. The number of nitrogens with one attached hydrogen (secondary N) is 2. The minimum Gasteiger partial charge on any atom is -0.351 e. The summed E-state index contributed by atoms with van der Waals surface area (Å²) in [6, 6.07) is 0.318. The van der Waals surface area contributed by atoms with Crippen LogP contribution in [0, 0.1) is 0 Å². The summed E-state index contributed by atoms with van der Waals surface area (Å²) in [7, 11) is 0. The van der Waals surface area contributed by atoms with Crippen LogP contribution < -0.4 is 15.5 Å². The highest BCUT2D eigenvalue weighted by Gasteiger charge is 2.37. The van der Waals surface area contributed by atoms with Crippen LogP contribution in [0.25, 0.3) is 0 Å². The molecule has 0 radical (unpaired) electrons. The summed E-state index contributed by atoms with van der Waals surface area (Å²) >= 11 is 0. The molecular formula is C18H30N6. The van der Waals surface area contributed by atoms with Gasteiger partial charge in [-0.1, -0.05) is 12.2 Å². The van der Waals surface area contributed by atoms with Gasteiger partial charge in [0, 0.05) is 30.2 Å². The van der Waals surface area contributed by atoms with E-state index in [9.17, 15) is 0 Å². The molecular weight excluding hydrogens is 300 g/mol. The van der Waals surface area contributed by atoms with Gasteiger partial charge in [0.25, 0.3) is 0 Å². The van der Waals surface area contributed by atoms with Crippen molar-refractivity contribution in [2.45, 2.75) is 57.7 Å². The Balaban J connectivity index is 2.14. The fraction of sp³-hybridized carbons (Fsp3) is 0.611. The lowest BCUT2D eigenvalue weighted by Gasteiger charge is -2.46. The van der Waals surface area contributed by atoms with Crippen molar-refractivity contribution in [3.8, 4) is 0 Å². The standard InChI is InChI=1S/C18H30N6/c1-7-9-24(10-8-2)16-20-13-19-15(22-16)21-14-11-17(3,4)23-18(5,6)12-14/h7-8,13-14,23H,1-2,9-12H2,3-6H3,(H,19,20,21,22). The van der Waals surface area contributed by atoms with Gasteiger partial charge in [-0.3, -0.25) is 0 Å². The molecule has 6 heteroatoms. The first-order valence-corrected chi connectivity index (χ1v) is 8.46. The van der Waals surface area contributed by atoms with Crippen LogP contribution in [0.1, 0.15) is 40.5 Å². The number of hydrogen-bond acceptors (Lipinski definition) is 6. The van der Waals surface area contributed by atoms with Crippen LogP contribution in [0.15, 0.2) is 31.6 Å². The lowest BCUT2D eigenvalue weighted by molar-refractivity contribution is 0.170. The molecule has 2 rings (SSSR count). The van der Waals surface area contributed by atoms with E-state index in [4.69, 9.17) is 0 Å².